The number of benzene rings is 1. The summed E-state index contributed by atoms with van der Waals surface area (Å²) in [4.78, 5) is 20.1. The first-order chi connectivity index (χ1) is 11.5. The van der Waals surface area contributed by atoms with E-state index in [2.05, 4.69) is 25.9 Å². The second-order valence-corrected chi connectivity index (χ2v) is 6.54. The predicted molar refractivity (Wildman–Crippen MR) is 95.7 cm³/mol. The number of carboxylic acid groups (broad SMARTS) is 1. The summed E-state index contributed by atoms with van der Waals surface area (Å²) in [6, 6.07) is 8.63. The molecule has 24 heavy (non-hydrogen) atoms. The molecule has 0 aliphatic rings. The summed E-state index contributed by atoms with van der Waals surface area (Å²) < 4.78 is 1.81. The Morgan fingerprint density at radius 1 is 1.29 bits per heavy atom. The molecule has 0 aliphatic heterocycles. The van der Waals surface area contributed by atoms with Gasteiger partial charge < -0.3 is 9.67 Å². The van der Waals surface area contributed by atoms with Crippen LogP contribution in [0.1, 0.15) is 16.1 Å². The predicted octanol–water partition coefficient (Wildman–Crippen LogP) is 4.76. The van der Waals surface area contributed by atoms with Gasteiger partial charge in [-0.15, -0.1) is 0 Å². The minimum absolute atomic E-state index is 0.0323. The summed E-state index contributed by atoms with van der Waals surface area (Å²) in [5, 5.41) is 10.6. The Morgan fingerprint density at radius 2 is 2.08 bits per heavy atom. The number of aromatic carboxylic acids is 1. The van der Waals surface area contributed by atoms with Crippen molar-refractivity contribution in [1.29, 1.82) is 0 Å². The van der Waals surface area contributed by atoms with E-state index in [1.54, 1.807) is 41.2 Å². The fraction of sp³-hybridized carbons (Fsp3) is 0.0625. The molecule has 0 bridgehead atoms. The summed E-state index contributed by atoms with van der Waals surface area (Å²) in [6.07, 6.45) is 3.26. The Hall–Kier alpha value is -1.89. The van der Waals surface area contributed by atoms with Crippen molar-refractivity contribution in [1.82, 2.24) is 14.5 Å². The normalized spacial score (nSPS) is 10.8. The Kier molecular flexibility index (Phi) is 4.89. The van der Waals surface area contributed by atoms with Crippen molar-refractivity contribution in [3.05, 3.63) is 68.6 Å². The second kappa shape index (κ2) is 6.93. The quantitative estimate of drug-likeness (QED) is 0.652. The number of halogens is 3. The second-order valence-electron chi connectivity index (χ2n) is 4.94. The molecule has 5 nitrogen and oxygen atoms in total. The van der Waals surface area contributed by atoms with Gasteiger partial charge in [-0.2, -0.15) is 0 Å². The Morgan fingerprint density at radius 3 is 2.75 bits per heavy atom. The molecule has 0 unspecified atom stereocenters. The van der Waals surface area contributed by atoms with Crippen LogP contribution >= 0.6 is 39.1 Å². The van der Waals surface area contributed by atoms with E-state index in [4.69, 9.17) is 23.2 Å². The van der Waals surface area contributed by atoms with Crippen LogP contribution in [0, 0.1) is 0 Å². The molecule has 8 heteroatoms. The van der Waals surface area contributed by atoms with E-state index in [9.17, 15) is 9.90 Å². The van der Waals surface area contributed by atoms with Crippen molar-refractivity contribution in [3.63, 3.8) is 0 Å². The zero-order valence-electron chi connectivity index (χ0n) is 12.1. The largest absolute Gasteiger partial charge is 0.476 e. The summed E-state index contributed by atoms with van der Waals surface area (Å²) in [5.74, 6) is -0.619. The summed E-state index contributed by atoms with van der Waals surface area (Å²) in [6.45, 7) is 0.212. The van der Waals surface area contributed by atoms with E-state index >= 15 is 0 Å². The molecule has 2 aromatic heterocycles. The maximum atomic E-state index is 11.7. The van der Waals surface area contributed by atoms with Crippen LogP contribution in [0.4, 0.5) is 0 Å². The van der Waals surface area contributed by atoms with Crippen LogP contribution in [-0.2, 0) is 6.54 Å². The third-order valence-electron chi connectivity index (χ3n) is 3.38. The van der Waals surface area contributed by atoms with Crippen molar-refractivity contribution in [3.8, 4) is 11.4 Å². The maximum Gasteiger partial charge on any atom is 0.355 e. The van der Waals surface area contributed by atoms with Gasteiger partial charge in [-0.25, -0.2) is 9.78 Å². The highest BCUT2D eigenvalue weighted by Gasteiger charge is 2.23. The van der Waals surface area contributed by atoms with E-state index in [1.807, 2.05) is 6.07 Å². The fourth-order valence-electron chi connectivity index (χ4n) is 2.33. The summed E-state index contributed by atoms with van der Waals surface area (Å²) >= 11 is 15.5. The van der Waals surface area contributed by atoms with Crippen molar-refractivity contribution in [2.24, 2.45) is 0 Å². The Balaban J connectivity index is 2.18. The lowest BCUT2D eigenvalue weighted by Gasteiger charge is -2.12. The number of hydrogen-bond donors (Lipinski definition) is 1. The minimum Gasteiger partial charge on any atom is -0.476 e. The van der Waals surface area contributed by atoms with Crippen molar-refractivity contribution in [2.75, 3.05) is 0 Å². The van der Waals surface area contributed by atoms with Crippen molar-refractivity contribution in [2.45, 2.75) is 6.54 Å². The number of carbonyl (C=O) groups is 1. The molecule has 1 aromatic carbocycles. The van der Waals surface area contributed by atoms with Crippen LogP contribution in [0.2, 0.25) is 10.0 Å². The molecule has 0 aliphatic carbocycles. The molecule has 0 spiro atoms. The fourth-order valence-corrected chi connectivity index (χ4v) is 3.26. The smallest absolute Gasteiger partial charge is 0.355 e. The number of nitrogens with zero attached hydrogens (tertiary/aromatic N) is 3. The molecule has 1 N–H and O–H groups in total. The van der Waals surface area contributed by atoms with E-state index in [-0.39, 0.29) is 16.8 Å². The summed E-state index contributed by atoms with van der Waals surface area (Å²) in [5.41, 5.74) is 1.43. The lowest BCUT2D eigenvalue weighted by Crippen LogP contribution is -2.11. The average molecular weight is 427 g/mol. The lowest BCUT2D eigenvalue weighted by molar-refractivity contribution is 0.0684. The van der Waals surface area contributed by atoms with Gasteiger partial charge in [0.15, 0.2) is 5.69 Å². The molecule has 0 atom stereocenters. The first kappa shape index (κ1) is 17.0. The van der Waals surface area contributed by atoms with E-state index in [0.29, 0.717) is 27.0 Å². The Labute approximate surface area is 156 Å². The third-order valence-corrected chi connectivity index (χ3v) is 4.54. The highest BCUT2D eigenvalue weighted by Crippen LogP contribution is 2.29. The molecule has 2 heterocycles. The zero-order chi connectivity index (χ0) is 17.3. The number of hydrogen-bond acceptors (Lipinski definition) is 3. The molecular formula is C16H10BrCl2N3O2. The monoisotopic (exact) mass is 425 g/mol. The highest BCUT2D eigenvalue weighted by atomic mass is 79.9. The highest BCUT2D eigenvalue weighted by molar-refractivity contribution is 9.10. The third kappa shape index (κ3) is 3.31. The van der Waals surface area contributed by atoms with Gasteiger partial charge in [0.1, 0.15) is 10.4 Å². The van der Waals surface area contributed by atoms with E-state index in [0.717, 1.165) is 0 Å². The van der Waals surface area contributed by atoms with Crippen LogP contribution in [0.15, 0.2) is 47.3 Å². The van der Waals surface area contributed by atoms with Gasteiger partial charge in [0.2, 0.25) is 0 Å². The summed E-state index contributed by atoms with van der Waals surface area (Å²) in [7, 11) is 0. The van der Waals surface area contributed by atoms with Gasteiger partial charge >= 0.3 is 5.97 Å². The van der Waals surface area contributed by atoms with Gasteiger partial charge in [0.05, 0.1) is 6.54 Å². The van der Waals surface area contributed by atoms with Crippen molar-refractivity contribution < 1.29 is 9.90 Å². The van der Waals surface area contributed by atoms with Crippen molar-refractivity contribution >= 4 is 45.1 Å². The molecule has 0 radical (unpaired) electrons. The standard InChI is InChI=1S/C16H10BrCl2N3O2/c17-14-13(16(23)24)22(8-10-6-11(18)3-4-12(10)19)15(21-14)9-2-1-5-20-7-9/h1-7H,8H2,(H,23,24). The maximum absolute atomic E-state index is 11.7. The first-order valence-corrected chi connectivity index (χ1v) is 8.36. The number of imidazole rings is 1. The lowest BCUT2D eigenvalue weighted by atomic mass is 10.2. The number of rotatable bonds is 4. The van der Waals surface area contributed by atoms with Gasteiger partial charge in [-0.05, 0) is 51.8 Å². The van der Waals surface area contributed by atoms with E-state index < -0.39 is 5.97 Å². The minimum atomic E-state index is -1.09. The number of pyridine rings is 1. The molecule has 0 saturated heterocycles. The SMILES string of the molecule is O=C(O)c1c(Br)nc(-c2cccnc2)n1Cc1cc(Cl)ccc1Cl. The topological polar surface area (TPSA) is 68.0 Å². The van der Waals surface area contributed by atoms with Crippen LogP contribution < -0.4 is 0 Å². The average Bonchev–Trinajstić information content (AvgIpc) is 2.88. The molecule has 3 rings (SSSR count). The Bertz CT molecular complexity index is 913. The zero-order valence-corrected chi connectivity index (χ0v) is 15.2. The van der Waals surface area contributed by atoms with Gasteiger partial charge in [-0.1, -0.05) is 23.2 Å². The van der Waals surface area contributed by atoms with Gasteiger partial charge in [0.25, 0.3) is 0 Å². The van der Waals surface area contributed by atoms with Crippen LogP contribution in [0.25, 0.3) is 11.4 Å². The number of carboxylic acids is 1. The van der Waals surface area contributed by atoms with Gasteiger partial charge in [-0.3, -0.25) is 4.98 Å². The molecule has 3 aromatic rings. The molecule has 0 fully saturated rings. The van der Waals surface area contributed by atoms with E-state index in [1.165, 1.54) is 0 Å². The van der Waals surface area contributed by atoms with Gasteiger partial charge in [0, 0.05) is 28.0 Å². The number of aromatic nitrogens is 3. The first-order valence-electron chi connectivity index (χ1n) is 6.81. The molecule has 0 amide bonds. The molecule has 0 saturated carbocycles. The molecule has 122 valence electrons. The van der Waals surface area contributed by atoms with Crippen LogP contribution in [0.3, 0.4) is 0 Å². The van der Waals surface area contributed by atoms with Crippen LogP contribution in [0.5, 0.6) is 0 Å². The molecular weight excluding hydrogens is 417 g/mol. The van der Waals surface area contributed by atoms with Crippen LogP contribution in [-0.4, -0.2) is 25.6 Å².